The van der Waals surface area contributed by atoms with Crippen LogP contribution in [0.5, 0.6) is 11.5 Å². The molecule has 3 aliphatic heterocycles. The van der Waals surface area contributed by atoms with Crippen molar-refractivity contribution in [3.05, 3.63) is 46.2 Å². The standard InChI is InChI=1S/C23H29N3O3S.C2H2O4/c27-23(19-5-7-24(8-6-19)16-20-2-1-13-30-20)26-11-9-25(10-12-26)15-18-3-4-21-22(14-18)29-17-28-21;3-1(4)2(5)6/h1-4,13-14,19H,5-12,15-17H2;(H,3,4)(H,5,6). The van der Waals surface area contributed by atoms with E-state index in [0.29, 0.717) is 12.7 Å². The van der Waals surface area contributed by atoms with Gasteiger partial charge in [-0.3, -0.25) is 14.6 Å². The summed E-state index contributed by atoms with van der Waals surface area (Å²) in [6.45, 7) is 7.80. The summed E-state index contributed by atoms with van der Waals surface area (Å²) in [6, 6.07) is 10.5. The topological polar surface area (TPSA) is 120 Å². The number of hydrogen-bond donors (Lipinski definition) is 2. The fraction of sp³-hybridized carbons (Fsp3) is 0.480. The van der Waals surface area contributed by atoms with Gasteiger partial charge in [0.2, 0.25) is 12.7 Å². The molecule has 4 heterocycles. The fourth-order valence-electron chi connectivity index (χ4n) is 4.64. The van der Waals surface area contributed by atoms with E-state index in [1.807, 2.05) is 17.4 Å². The molecule has 0 bridgehead atoms. The number of carboxylic acid groups (broad SMARTS) is 2. The van der Waals surface area contributed by atoms with Crippen molar-refractivity contribution < 1.29 is 34.1 Å². The molecular weight excluding hydrogens is 486 g/mol. The molecule has 0 aliphatic carbocycles. The summed E-state index contributed by atoms with van der Waals surface area (Å²) < 4.78 is 10.9. The Hall–Kier alpha value is -3.15. The number of carbonyl (C=O) groups excluding carboxylic acids is 1. The Kier molecular flexibility index (Phi) is 8.79. The normalized spacial score (nSPS) is 18.4. The molecule has 194 valence electrons. The van der Waals surface area contributed by atoms with Gasteiger partial charge in [-0.05, 0) is 55.1 Å². The van der Waals surface area contributed by atoms with Crippen LogP contribution in [0.25, 0.3) is 0 Å². The van der Waals surface area contributed by atoms with Crippen molar-refractivity contribution >= 4 is 29.2 Å². The van der Waals surface area contributed by atoms with Gasteiger partial charge in [0.15, 0.2) is 11.5 Å². The quantitative estimate of drug-likeness (QED) is 0.575. The second kappa shape index (κ2) is 12.2. The van der Waals surface area contributed by atoms with Crippen molar-refractivity contribution in [3.8, 4) is 11.5 Å². The number of likely N-dealkylation sites (tertiary alicyclic amines) is 1. The van der Waals surface area contributed by atoms with Gasteiger partial charge >= 0.3 is 11.9 Å². The highest BCUT2D eigenvalue weighted by atomic mass is 32.1. The van der Waals surface area contributed by atoms with Crippen LogP contribution >= 0.6 is 11.3 Å². The van der Waals surface area contributed by atoms with Crippen molar-refractivity contribution in [1.82, 2.24) is 14.7 Å². The lowest BCUT2D eigenvalue weighted by atomic mass is 9.95. The Balaban J connectivity index is 0.000000455. The Morgan fingerprint density at radius 1 is 0.861 bits per heavy atom. The van der Waals surface area contributed by atoms with Gasteiger partial charge in [0.25, 0.3) is 0 Å². The third-order valence-corrected chi connectivity index (χ3v) is 7.47. The van der Waals surface area contributed by atoms with Crippen LogP contribution in [0.15, 0.2) is 35.7 Å². The number of carboxylic acids is 2. The van der Waals surface area contributed by atoms with Gasteiger partial charge in [0.1, 0.15) is 0 Å². The maximum Gasteiger partial charge on any atom is 0.414 e. The number of nitrogens with zero attached hydrogens (tertiary/aromatic N) is 3. The molecule has 0 atom stereocenters. The van der Waals surface area contributed by atoms with Crippen LogP contribution in [-0.2, 0) is 27.5 Å². The van der Waals surface area contributed by atoms with E-state index < -0.39 is 11.9 Å². The van der Waals surface area contributed by atoms with Crippen molar-refractivity contribution in [1.29, 1.82) is 0 Å². The van der Waals surface area contributed by atoms with Gasteiger partial charge < -0.3 is 24.6 Å². The van der Waals surface area contributed by atoms with Crippen LogP contribution in [0.4, 0.5) is 0 Å². The highest BCUT2D eigenvalue weighted by Crippen LogP contribution is 2.33. The summed E-state index contributed by atoms with van der Waals surface area (Å²) in [7, 11) is 0. The summed E-state index contributed by atoms with van der Waals surface area (Å²) in [4.78, 5) is 39.6. The molecule has 5 rings (SSSR count). The molecule has 10 nitrogen and oxygen atoms in total. The number of thiophene rings is 1. The van der Waals surface area contributed by atoms with E-state index in [1.54, 1.807) is 0 Å². The van der Waals surface area contributed by atoms with E-state index >= 15 is 0 Å². The molecule has 1 aromatic carbocycles. The number of amides is 1. The fourth-order valence-corrected chi connectivity index (χ4v) is 5.39. The maximum atomic E-state index is 13.0. The molecule has 36 heavy (non-hydrogen) atoms. The Bertz CT molecular complexity index is 1030. The van der Waals surface area contributed by atoms with Crippen LogP contribution < -0.4 is 9.47 Å². The van der Waals surface area contributed by atoms with E-state index in [1.165, 1.54) is 10.4 Å². The molecule has 2 N–H and O–H groups in total. The Labute approximate surface area is 213 Å². The number of piperidine rings is 1. The number of fused-ring (bicyclic) bond motifs is 1. The Morgan fingerprint density at radius 2 is 1.53 bits per heavy atom. The zero-order valence-electron chi connectivity index (χ0n) is 20.0. The summed E-state index contributed by atoms with van der Waals surface area (Å²) in [5.74, 6) is -1.41. The molecule has 2 aromatic rings. The third kappa shape index (κ3) is 6.96. The van der Waals surface area contributed by atoms with E-state index in [-0.39, 0.29) is 5.92 Å². The van der Waals surface area contributed by atoms with Crippen molar-refractivity contribution in [3.63, 3.8) is 0 Å². The highest BCUT2D eigenvalue weighted by molar-refractivity contribution is 7.09. The minimum absolute atomic E-state index is 0.199. The van der Waals surface area contributed by atoms with Gasteiger partial charge in [0, 0.05) is 50.1 Å². The maximum absolute atomic E-state index is 13.0. The lowest BCUT2D eigenvalue weighted by Gasteiger charge is -2.38. The number of rotatable bonds is 5. The molecule has 0 radical (unpaired) electrons. The minimum atomic E-state index is -1.82. The summed E-state index contributed by atoms with van der Waals surface area (Å²) >= 11 is 1.82. The van der Waals surface area contributed by atoms with Crippen molar-refractivity contribution in [2.75, 3.05) is 46.1 Å². The van der Waals surface area contributed by atoms with Gasteiger partial charge in [0.05, 0.1) is 0 Å². The highest BCUT2D eigenvalue weighted by Gasteiger charge is 2.30. The first kappa shape index (κ1) is 25.9. The van der Waals surface area contributed by atoms with E-state index in [2.05, 4.69) is 44.3 Å². The van der Waals surface area contributed by atoms with Crippen LogP contribution in [0.1, 0.15) is 23.3 Å². The summed E-state index contributed by atoms with van der Waals surface area (Å²) in [5.41, 5.74) is 1.23. The predicted molar refractivity (Wildman–Crippen MR) is 132 cm³/mol. The number of carbonyl (C=O) groups is 3. The number of piperazine rings is 1. The SMILES string of the molecule is O=C(C1CCN(Cc2cccs2)CC1)N1CCN(Cc2ccc3c(c2)OCO3)CC1.O=C(O)C(=O)O. The van der Waals surface area contributed by atoms with Crippen LogP contribution in [0, 0.1) is 5.92 Å². The van der Waals surface area contributed by atoms with Gasteiger partial charge in [-0.25, -0.2) is 9.59 Å². The number of benzene rings is 1. The van der Waals surface area contributed by atoms with E-state index in [0.717, 1.165) is 76.7 Å². The zero-order valence-corrected chi connectivity index (χ0v) is 20.8. The first-order valence-electron chi connectivity index (χ1n) is 12.0. The largest absolute Gasteiger partial charge is 0.473 e. The van der Waals surface area contributed by atoms with Crippen LogP contribution in [0.2, 0.25) is 0 Å². The number of hydrogen-bond acceptors (Lipinski definition) is 8. The number of aliphatic carboxylic acids is 2. The second-order valence-corrected chi connectivity index (χ2v) is 10.1. The van der Waals surface area contributed by atoms with Gasteiger partial charge in [-0.1, -0.05) is 12.1 Å². The van der Waals surface area contributed by atoms with Crippen LogP contribution in [-0.4, -0.2) is 88.8 Å². The predicted octanol–water partition coefficient (Wildman–Crippen LogP) is 2.19. The lowest BCUT2D eigenvalue weighted by Crippen LogP contribution is -2.51. The zero-order chi connectivity index (χ0) is 25.5. The molecule has 1 amide bonds. The molecule has 0 spiro atoms. The van der Waals surface area contributed by atoms with Gasteiger partial charge in [-0.15, -0.1) is 11.3 Å². The first-order valence-corrected chi connectivity index (χ1v) is 12.9. The number of ether oxygens (including phenoxy) is 2. The van der Waals surface area contributed by atoms with E-state index in [9.17, 15) is 4.79 Å². The monoisotopic (exact) mass is 517 g/mol. The molecule has 0 unspecified atom stereocenters. The van der Waals surface area contributed by atoms with Crippen LogP contribution in [0.3, 0.4) is 0 Å². The smallest absolute Gasteiger partial charge is 0.414 e. The first-order chi connectivity index (χ1) is 17.4. The summed E-state index contributed by atoms with van der Waals surface area (Å²) in [6.07, 6.45) is 1.98. The lowest BCUT2D eigenvalue weighted by molar-refractivity contribution is -0.159. The third-order valence-electron chi connectivity index (χ3n) is 6.61. The minimum Gasteiger partial charge on any atom is -0.473 e. The molecular formula is C25H31N3O7S. The van der Waals surface area contributed by atoms with Crippen molar-refractivity contribution in [2.24, 2.45) is 5.92 Å². The molecule has 0 saturated carbocycles. The molecule has 3 aliphatic rings. The summed E-state index contributed by atoms with van der Waals surface area (Å²) in [5, 5.41) is 16.9. The molecule has 2 fully saturated rings. The van der Waals surface area contributed by atoms with Crippen molar-refractivity contribution in [2.45, 2.75) is 25.9 Å². The Morgan fingerprint density at radius 3 is 2.17 bits per heavy atom. The average Bonchev–Trinajstić information content (AvgIpc) is 3.57. The molecule has 1 aromatic heterocycles. The van der Waals surface area contributed by atoms with E-state index in [4.69, 9.17) is 29.3 Å². The average molecular weight is 518 g/mol. The molecule has 2 saturated heterocycles. The molecule has 11 heteroatoms. The van der Waals surface area contributed by atoms with Gasteiger partial charge in [-0.2, -0.15) is 0 Å². The second-order valence-electron chi connectivity index (χ2n) is 9.03.